The van der Waals surface area contributed by atoms with Gasteiger partial charge in [-0.15, -0.1) is 0 Å². The lowest BCUT2D eigenvalue weighted by atomic mass is 10.1. The summed E-state index contributed by atoms with van der Waals surface area (Å²) in [5, 5.41) is 2.99. The van der Waals surface area contributed by atoms with Crippen LogP contribution >= 0.6 is 0 Å². The summed E-state index contributed by atoms with van der Waals surface area (Å²) in [5.74, 6) is 0.875. The largest absolute Gasteiger partial charge is 0.334 e. The highest BCUT2D eigenvalue weighted by Crippen LogP contribution is 2.24. The lowest BCUT2D eigenvalue weighted by Crippen LogP contribution is -2.30. The van der Waals surface area contributed by atoms with Crippen molar-refractivity contribution in [2.75, 3.05) is 5.32 Å². The number of hydrogen-bond donors (Lipinski definition) is 1. The molecule has 1 aliphatic heterocycles. The molecule has 0 radical (unpaired) electrons. The van der Waals surface area contributed by atoms with Crippen LogP contribution in [0.15, 0.2) is 60.9 Å². The van der Waals surface area contributed by atoms with Crippen molar-refractivity contribution < 1.29 is 4.79 Å². The first-order valence-corrected chi connectivity index (χ1v) is 7.91. The summed E-state index contributed by atoms with van der Waals surface area (Å²) in [6.45, 7) is 1.31. The van der Waals surface area contributed by atoms with Gasteiger partial charge in [-0.1, -0.05) is 36.4 Å². The molecule has 5 heteroatoms. The monoisotopic (exact) mass is 318 g/mol. The van der Waals surface area contributed by atoms with Gasteiger partial charge in [-0.3, -0.25) is 0 Å². The van der Waals surface area contributed by atoms with E-state index >= 15 is 0 Å². The van der Waals surface area contributed by atoms with Gasteiger partial charge in [-0.05, 0) is 23.3 Å². The smallest absolute Gasteiger partial charge is 0.322 e. The van der Waals surface area contributed by atoms with E-state index in [4.69, 9.17) is 0 Å². The van der Waals surface area contributed by atoms with Crippen molar-refractivity contribution in [1.29, 1.82) is 0 Å². The number of carbonyl (C=O) groups is 1. The number of hydrogen-bond acceptors (Lipinski definition) is 2. The first kappa shape index (κ1) is 14.5. The summed E-state index contributed by atoms with van der Waals surface area (Å²) in [6.07, 6.45) is 3.67. The summed E-state index contributed by atoms with van der Waals surface area (Å²) in [4.78, 5) is 18.7. The molecule has 4 rings (SSSR count). The molecule has 3 aromatic rings. The third-order valence-corrected chi connectivity index (χ3v) is 4.32. The highest BCUT2D eigenvalue weighted by atomic mass is 16.2. The van der Waals surface area contributed by atoms with E-state index in [1.165, 1.54) is 11.1 Å². The number of fused-ring (bicyclic) bond motifs is 1. The van der Waals surface area contributed by atoms with Crippen molar-refractivity contribution in [3.05, 3.63) is 72.1 Å². The summed E-state index contributed by atoms with van der Waals surface area (Å²) < 4.78 is 1.96. The minimum absolute atomic E-state index is 0.0804. The molecule has 5 nitrogen and oxygen atoms in total. The molecular formula is C19H18N4O. The molecular weight excluding hydrogens is 300 g/mol. The van der Waals surface area contributed by atoms with Crippen LogP contribution in [0.25, 0.3) is 11.4 Å². The van der Waals surface area contributed by atoms with Crippen molar-refractivity contribution in [3.8, 4) is 11.4 Å². The molecule has 0 bridgehead atoms. The van der Waals surface area contributed by atoms with Crippen LogP contribution in [0, 0.1) is 0 Å². The maximum atomic E-state index is 12.5. The second kappa shape index (κ2) is 5.85. The predicted molar refractivity (Wildman–Crippen MR) is 93.4 cm³/mol. The Bertz CT molecular complexity index is 875. The molecule has 120 valence electrons. The zero-order chi connectivity index (χ0) is 16.5. The van der Waals surface area contributed by atoms with Gasteiger partial charge in [0.1, 0.15) is 5.82 Å². The molecule has 0 saturated heterocycles. The van der Waals surface area contributed by atoms with Gasteiger partial charge < -0.3 is 14.8 Å². The Kier molecular flexibility index (Phi) is 3.54. The number of nitrogens with zero attached hydrogens (tertiary/aromatic N) is 3. The summed E-state index contributed by atoms with van der Waals surface area (Å²) in [6, 6.07) is 15.9. The van der Waals surface area contributed by atoms with Crippen molar-refractivity contribution in [3.63, 3.8) is 0 Å². The summed E-state index contributed by atoms with van der Waals surface area (Å²) in [7, 11) is 1.95. The maximum absolute atomic E-state index is 12.5. The minimum atomic E-state index is -0.0804. The van der Waals surface area contributed by atoms with Gasteiger partial charge in [0.2, 0.25) is 0 Å². The molecule has 0 spiro atoms. The average Bonchev–Trinajstić information content (AvgIpc) is 3.21. The number of urea groups is 1. The zero-order valence-corrected chi connectivity index (χ0v) is 13.4. The second-order valence-corrected chi connectivity index (χ2v) is 6.00. The molecule has 0 aliphatic carbocycles. The Hall–Kier alpha value is -3.08. The van der Waals surface area contributed by atoms with Crippen LogP contribution in [0.4, 0.5) is 10.5 Å². The fraction of sp³-hybridized carbons (Fsp3) is 0.158. The SMILES string of the molecule is Cn1ccnc1-c1cccc(NC(=O)N2Cc3ccccc3C2)c1. The van der Waals surface area contributed by atoms with Gasteiger partial charge >= 0.3 is 6.03 Å². The predicted octanol–water partition coefficient (Wildman–Crippen LogP) is 3.63. The average molecular weight is 318 g/mol. The molecule has 0 fully saturated rings. The van der Waals surface area contributed by atoms with E-state index in [9.17, 15) is 4.79 Å². The normalized spacial score (nSPS) is 13.0. The zero-order valence-electron chi connectivity index (χ0n) is 13.4. The molecule has 1 aliphatic rings. The van der Waals surface area contributed by atoms with E-state index in [0.717, 1.165) is 17.1 Å². The fourth-order valence-corrected chi connectivity index (χ4v) is 3.06. The molecule has 0 unspecified atom stereocenters. The van der Waals surface area contributed by atoms with Crippen molar-refractivity contribution in [1.82, 2.24) is 14.5 Å². The van der Waals surface area contributed by atoms with Crippen LogP contribution < -0.4 is 5.32 Å². The van der Waals surface area contributed by atoms with Gasteiger partial charge in [-0.25, -0.2) is 9.78 Å². The van der Waals surface area contributed by atoms with Crippen LogP contribution in [0.5, 0.6) is 0 Å². The van der Waals surface area contributed by atoms with Crippen LogP contribution in [-0.4, -0.2) is 20.5 Å². The van der Waals surface area contributed by atoms with Crippen molar-refractivity contribution in [2.45, 2.75) is 13.1 Å². The summed E-state index contributed by atoms with van der Waals surface area (Å²) in [5.41, 5.74) is 4.19. The van der Waals surface area contributed by atoms with Gasteiger partial charge in [0.25, 0.3) is 0 Å². The van der Waals surface area contributed by atoms with E-state index < -0.39 is 0 Å². The molecule has 2 heterocycles. The summed E-state index contributed by atoms with van der Waals surface area (Å²) >= 11 is 0. The number of amides is 2. The van der Waals surface area contributed by atoms with E-state index in [1.807, 2.05) is 59.1 Å². The number of nitrogens with one attached hydrogen (secondary N) is 1. The van der Waals surface area contributed by atoms with E-state index in [-0.39, 0.29) is 6.03 Å². The van der Waals surface area contributed by atoms with Gasteiger partial charge in [0.05, 0.1) is 0 Å². The Morgan fingerprint density at radius 1 is 1.08 bits per heavy atom. The minimum Gasteiger partial charge on any atom is -0.334 e. The fourth-order valence-electron chi connectivity index (χ4n) is 3.06. The Morgan fingerprint density at radius 3 is 2.50 bits per heavy atom. The number of rotatable bonds is 2. The molecule has 2 aromatic carbocycles. The Morgan fingerprint density at radius 2 is 1.83 bits per heavy atom. The molecule has 1 N–H and O–H groups in total. The number of anilines is 1. The van der Waals surface area contributed by atoms with Gasteiger partial charge in [0, 0.05) is 43.8 Å². The van der Waals surface area contributed by atoms with Crippen molar-refractivity contribution >= 4 is 11.7 Å². The van der Waals surface area contributed by atoms with Crippen LogP contribution in [-0.2, 0) is 20.1 Å². The standard InChI is InChI=1S/C19H18N4O/c1-22-10-9-20-18(22)14-7-4-8-17(11-14)21-19(24)23-12-15-5-2-3-6-16(15)13-23/h2-11H,12-13H2,1H3,(H,21,24). The molecule has 2 amide bonds. The van der Waals surface area contributed by atoms with Crippen LogP contribution in [0.1, 0.15) is 11.1 Å². The Labute approximate surface area is 140 Å². The van der Waals surface area contributed by atoms with E-state index in [2.05, 4.69) is 22.4 Å². The first-order chi connectivity index (χ1) is 11.7. The number of aromatic nitrogens is 2. The third kappa shape index (κ3) is 2.65. The highest BCUT2D eigenvalue weighted by Gasteiger charge is 2.22. The van der Waals surface area contributed by atoms with Crippen molar-refractivity contribution in [2.24, 2.45) is 7.05 Å². The molecule has 0 atom stereocenters. The quantitative estimate of drug-likeness (QED) is 0.784. The number of aryl methyl sites for hydroxylation is 1. The lowest BCUT2D eigenvalue weighted by Gasteiger charge is -2.16. The lowest BCUT2D eigenvalue weighted by molar-refractivity contribution is 0.212. The Balaban J connectivity index is 1.50. The third-order valence-electron chi connectivity index (χ3n) is 4.32. The second-order valence-electron chi connectivity index (χ2n) is 6.00. The molecule has 1 aromatic heterocycles. The first-order valence-electron chi connectivity index (χ1n) is 7.91. The molecule has 24 heavy (non-hydrogen) atoms. The number of carbonyl (C=O) groups excluding carboxylic acids is 1. The highest BCUT2D eigenvalue weighted by molar-refractivity contribution is 5.90. The number of imidazole rings is 1. The van der Waals surface area contributed by atoms with E-state index in [0.29, 0.717) is 13.1 Å². The van der Waals surface area contributed by atoms with Gasteiger partial charge in [-0.2, -0.15) is 0 Å². The van der Waals surface area contributed by atoms with Gasteiger partial charge in [0.15, 0.2) is 0 Å². The maximum Gasteiger partial charge on any atom is 0.322 e. The molecule has 0 saturated carbocycles. The number of benzene rings is 2. The van der Waals surface area contributed by atoms with E-state index in [1.54, 1.807) is 6.20 Å². The topological polar surface area (TPSA) is 50.2 Å². The van der Waals surface area contributed by atoms with Crippen LogP contribution in [0.3, 0.4) is 0 Å². The van der Waals surface area contributed by atoms with Crippen LogP contribution in [0.2, 0.25) is 0 Å².